The van der Waals surface area contributed by atoms with Gasteiger partial charge in [0, 0.05) is 20.7 Å². The predicted octanol–water partition coefficient (Wildman–Crippen LogP) is 0.297. The Bertz CT molecular complexity index is 377. The van der Waals surface area contributed by atoms with E-state index in [2.05, 4.69) is 5.32 Å². The maximum absolute atomic E-state index is 12.1. The lowest BCUT2D eigenvalue weighted by molar-refractivity contribution is -0.142. The molecule has 114 valence electrons. The Morgan fingerprint density at radius 2 is 2.15 bits per heavy atom. The molecule has 2 amide bonds. The van der Waals surface area contributed by atoms with Crippen molar-refractivity contribution in [1.82, 2.24) is 10.2 Å². The summed E-state index contributed by atoms with van der Waals surface area (Å²) in [6.07, 6.45) is 2.99. The highest BCUT2D eigenvalue weighted by molar-refractivity contribution is 5.77. The number of carboxylic acids is 1. The number of carbonyl (C=O) groups excluding carboxylic acids is 1. The molecule has 1 aliphatic carbocycles. The van der Waals surface area contributed by atoms with Crippen LogP contribution in [-0.4, -0.2) is 67.6 Å². The Balaban J connectivity index is 1.87. The van der Waals surface area contributed by atoms with Gasteiger partial charge < -0.3 is 24.8 Å². The zero-order valence-electron chi connectivity index (χ0n) is 11.9. The third kappa shape index (κ3) is 2.88. The summed E-state index contributed by atoms with van der Waals surface area (Å²) in [5.41, 5.74) is -0.241. The molecule has 0 spiro atoms. The van der Waals surface area contributed by atoms with Gasteiger partial charge in [-0.3, -0.25) is 4.79 Å². The van der Waals surface area contributed by atoms with Gasteiger partial charge in [-0.05, 0) is 19.3 Å². The third-order valence-corrected chi connectivity index (χ3v) is 4.45. The van der Waals surface area contributed by atoms with Crippen LogP contribution in [0.5, 0.6) is 0 Å². The first-order valence-electron chi connectivity index (χ1n) is 6.85. The van der Waals surface area contributed by atoms with E-state index >= 15 is 0 Å². The van der Waals surface area contributed by atoms with Gasteiger partial charge in [-0.25, -0.2) is 4.79 Å². The Kier molecular flexibility index (Phi) is 4.49. The van der Waals surface area contributed by atoms with Crippen molar-refractivity contribution >= 4 is 12.0 Å². The van der Waals surface area contributed by atoms with E-state index in [1.54, 1.807) is 14.2 Å². The molecular weight excluding hydrogens is 264 g/mol. The molecule has 0 bridgehead atoms. The van der Waals surface area contributed by atoms with Crippen LogP contribution in [0.25, 0.3) is 0 Å². The summed E-state index contributed by atoms with van der Waals surface area (Å²) < 4.78 is 10.6. The number of rotatable bonds is 5. The van der Waals surface area contributed by atoms with E-state index in [1.807, 2.05) is 0 Å². The van der Waals surface area contributed by atoms with E-state index in [9.17, 15) is 9.59 Å². The van der Waals surface area contributed by atoms with Gasteiger partial charge in [0.05, 0.1) is 24.9 Å². The number of likely N-dealkylation sites (N-methyl/N-ethyl adjacent to an activating group) is 1. The molecule has 0 aromatic heterocycles. The van der Waals surface area contributed by atoms with Crippen molar-refractivity contribution in [3.05, 3.63) is 0 Å². The highest BCUT2D eigenvalue weighted by Crippen LogP contribution is 2.34. The van der Waals surface area contributed by atoms with Crippen LogP contribution in [0.15, 0.2) is 0 Å². The second-order valence-electron chi connectivity index (χ2n) is 5.56. The summed E-state index contributed by atoms with van der Waals surface area (Å²) in [4.78, 5) is 24.6. The monoisotopic (exact) mass is 286 g/mol. The highest BCUT2D eigenvalue weighted by atomic mass is 16.5. The van der Waals surface area contributed by atoms with Gasteiger partial charge in [0.1, 0.15) is 5.92 Å². The maximum atomic E-state index is 12.1. The summed E-state index contributed by atoms with van der Waals surface area (Å²) in [7, 11) is 3.26. The zero-order chi connectivity index (χ0) is 14.8. The minimum absolute atomic E-state index is 0.152. The van der Waals surface area contributed by atoms with Gasteiger partial charge >= 0.3 is 12.0 Å². The molecule has 1 heterocycles. The van der Waals surface area contributed by atoms with Crippen LogP contribution >= 0.6 is 0 Å². The lowest BCUT2D eigenvalue weighted by atomic mass is 9.80. The maximum Gasteiger partial charge on any atom is 0.317 e. The van der Waals surface area contributed by atoms with Crippen molar-refractivity contribution in [1.29, 1.82) is 0 Å². The topological polar surface area (TPSA) is 88.1 Å². The average Bonchev–Trinajstić information content (AvgIpc) is 2.86. The quantitative estimate of drug-likeness (QED) is 0.758. The molecule has 0 radical (unpaired) electrons. The number of carboxylic acid groups (broad SMARTS) is 1. The molecule has 2 atom stereocenters. The van der Waals surface area contributed by atoms with Crippen LogP contribution in [-0.2, 0) is 14.3 Å². The first kappa shape index (κ1) is 15.1. The SMILES string of the molecule is COC1(CNC(=O)N(C)C2COCC2C(=O)O)CCC1. The van der Waals surface area contributed by atoms with Crippen LogP contribution < -0.4 is 5.32 Å². The molecule has 0 aromatic carbocycles. The fraction of sp³-hybridized carbons (Fsp3) is 0.846. The number of ether oxygens (including phenoxy) is 2. The fourth-order valence-electron chi connectivity index (χ4n) is 2.70. The smallest absolute Gasteiger partial charge is 0.317 e. The molecule has 1 saturated heterocycles. The normalized spacial score (nSPS) is 27.7. The number of nitrogens with one attached hydrogen (secondary N) is 1. The minimum atomic E-state index is -0.931. The second-order valence-corrected chi connectivity index (χ2v) is 5.56. The number of methoxy groups -OCH3 is 1. The fourth-order valence-corrected chi connectivity index (χ4v) is 2.70. The molecule has 2 N–H and O–H groups in total. The number of nitrogens with zero attached hydrogens (tertiary/aromatic N) is 1. The molecule has 0 aromatic rings. The number of amides is 2. The first-order valence-corrected chi connectivity index (χ1v) is 6.85. The standard InChI is InChI=1S/C13H22N2O5/c1-15(10-7-20-6-9(10)11(16)17)12(18)14-8-13(19-2)4-3-5-13/h9-10H,3-8H2,1-2H3,(H,14,18)(H,16,17). The molecule has 2 fully saturated rings. The van der Waals surface area contributed by atoms with E-state index in [0.29, 0.717) is 6.54 Å². The van der Waals surface area contributed by atoms with Crippen molar-refractivity contribution < 1.29 is 24.2 Å². The number of carbonyl (C=O) groups is 2. The minimum Gasteiger partial charge on any atom is -0.481 e. The van der Waals surface area contributed by atoms with Gasteiger partial charge in [-0.2, -0.15) is 0 Å². The van der Waals surface area contributed by atoms with Crippen LogP contribution in [0.2, 0.25) is 0 Å². The van der Waals surface area contributed by atoms with Crippen molar-refractivity contribution in [2.45, 2.75) is 30.9 Å². The van der Waals surface area contributed by atoms with Crippen LogP contribution in [0, 0.1) is 5.92 Å². The molecular formula is C13H22N2O5. The Morgan fingerprint density at radius 1 is 1.45 bits per heavy atom. The largest absolute Gasteiger partial charge is 0.481 e. The van der Waals surface area contributed by atoms with Gasteiger partial charge in [-0.1, -0.05) is 0 Å². The third-order valence-electron chi connectivity index (χ3n) is 4.45. The van der Waals surface area contributed by atoms with E-state index < -0.39 is 17.9 Å². The van der Waals surface area contributed by atoms with Gasteiger partial charge in [0.15, 0.2) is 0 Å². The van der Waals surface area contributed by atoms with Crippen molar-refractivity contribution in [3.8, 4) is 0 Å². The molecule has 7 heteroatoms. The van der Waals surface area contributed by atoms with Crippen molar-refractivity contribution in [3.63, 3.8) is 0 Å². The summed E-state index contributed by atoms with van der Waals surface area (Å²) in [6.45, 7) is 0.869. The molecule has 2 unspecified atom stereocenters. The highest BCUT2D eigenvalue weighted by Gasteiger charge is 2.40. The lowest BCUT2D eigenvalue weighted by Gasteiger charge is -2.41. The van der Waals surface area contributed by atoms with Crippen molar-refractivity contribution in [2.75, 3.05) is 33.9 Å². The molecule has 20 heavy (non-hydrogen) atoms. The van der Waals surface area contributed by atoms with E-state index in [0.717, 1.165) is 19.3 Å². The zero-order valence-corrected chi connectivity index (χ0v) is 11.9. The van der Waals surface area contributed by atoms with Crippen LogP contribution in [0.1, 0.15) is 19.3 Å². The first-order chi connectivity index (χ1) is 9.49. The lowest BCUT2D eigenvalue weighted by Crippen LogP contribution is -2.54. The number of hydrogen-bond donors (Lipinski definition) is 2. The molecule has 7 nitrogen and oxygen atoms in total. The summed E-state index contributed by atoms with van der Waals surface area (Å²) in [6, 6.07) is -0.706. The van der Waals surface area contributed by atoms with Crippen LogP contribution in [0.4, 0.5) is 4.79 Å². The Labute approximate surface area is 118 Å². The van der Waals surface area contributed by atoms with Gasteiger partial charge in [-0.15, -0.1) is 0 Å². The molecule has 2 rings (SSSR count). The predicted molar refractivity (Wildman–Crippen MR) is 70.5 cm³/mol. The number of hydrogen-bond acceptors (Lipinski definition) is 4. The Morgan fingerprint density at radius 3 is 2.65 bits per heavy atom. The van der Waals surface area contributed by atoms with E-state index in [-0.39, 0.29) is 24.8 Å². The summed E-state index contributed by atoms with van der Waals surface area (Å²) in [5, 5.41) is 11.9. The number of urea groups is 1. The van der Waals surface area contributed by atoms with Gasteiger partial charge in [0.25, 0.3) is 0 Å². The second kappa shape index (κ2) is 5.97. The molecule has 2 aliphatic rings. The molecule has 1 aliphatic heterocycles. The van der Waals surface area contributed by atoms with E-state index in [1.165, 1.54) is 4.90 Å². The van der Waals surface area contributed by atoms with Crippen molar-refractivity contribution in [2.24, 2.45) is 5.92 Å². The Hall–Kier alpha value is -1.34. The van der Waals surface area contributed by atoms with Gasteiger partial charge in [0.2, 0.25) is 0 Å². The van der Waals surface area contributed by atoms with Crippen LogP contribution in [0.3, 0.4) is 0 Å². The molecule has 1 saturated carbocycles. The number of aliphatic carboxylic acids is 1. The van der Waals surface area contributed by atoms with E-state index in [4.69, 9.17) is 14.6 Å². The summed E-state index contributed by atoms with van der Waals surface area (Å²) in [5.74, 6) is -1.59. The summed E-state index contributed by atoms with van der Waals surface area (Å²) >= 11 is 0. The average molecular weight is 286 g/mol.